The standard InChI is InChI=1S/C20H26N2O2S/c1-17-8-9-18(2)20(16-17)25(23,24)15-14-21-10-12-22(13-11-21)19-6-4-3-5-7-19/h3-9,16H,10-15H2,1-2H3. The molecule has 0 aromatic heterocycles. The third-order valence-electron chi connectivity index (χ3n) is 4.85. The highest BCUT2D eigenvalue weighted by Gasteiger charge is 2.21. The number of piperazine rings is 1. The summed E-state index contributed by atoms with van der Waals surface area (Å²) in [5, 5.41) is 0. The van der Waals surface area contributed by atoms with Crippen LogP contribution in [-0.2, 0) is 9.84 Å². The SMILES string of the molecule is Cc1ccc(C)c(S(=O)(=O)CCN2CCN(c3ccccc3)CC2)c1. The normalized spacial score (nSPS) is 16.2. The number of anilines is 1. The van der Waals surface area contributed by atoms with Crippen LogP contribution in [0, 0.1) is 13.8 Å². The largest absolute Gasteiger partial charge is 0.369 e. The molecule has 3 rings (SSSR count). The topological polar surface area (TPSA) is 40.6 Å². The van der Waals surface area contributed by atoms with E-state index in [0.29, 0.717) is 11.4 Å². The molecule has 1 heterocycles. The first kappa shape index (κ1) is 18.0. The summed E-state index contributed by atoms with van der Waals surface area (Å²) < 4.78 is 25.4. The maximum atomic E-state index is 12.7. The van der Waals surface area contributed by atoms with Crippen LogP contribution in [-0.4, -0.2) is 51.8 Å². The van der Waals surface area contributed by atoms with Gasteiger partial charge in [0.05, 0.1) is 10.6 Å². The minimum absolute atomic E-state index is 0.183. The van der Waals surface area contributed by atoms with Gasteiger partial charge in [-0.15, -0.1) is 0 Å². The number of nitrogens with zero attached hydrogens (tertiary/aromatic N) is 2. The van der Waals surface area contributed by atoms with Gasteiger partial charge >= 0.3 is 0 Å². The summed E-state index contributed by atoms with van der Waals surface area (Å²) in [6.45, 7) is 8.07. The van der Waals surface area contributed by atoms with Gasteiger partial charge in [0.15, 0.2) is 9.84 Å². The Labute approximate surface area is 151 Å². The van der Waals surface area contributed by atoms with E-state index >= 15 is 0 Å². The van der Waals surface area contributed by atoms with Crippen LogP contribution in [0.25, 0.3) is 0 Å². The van der Waals surface area contributed by atoms with Crippen molar-refractivity contribution in [3.8, 4) is 0 Å². The molecule has 134 valence electrons. The summed E-state index contributed by atoms with van der Waals surface area (Å²) in [6, 6.07) is 16.0. The van der Waals surface area contributed by atoms with E-state index in [1.54, 1.807) is 6.07 Å². The molecule has 25 heavy (non-hydrogen) atoms. The first-order chi connectivity index (χ1) is 12.0. The Morgan fingerprint density at radius 2 is 1.60 bits per heavy atom. The fraction of sp³-hybridized carbons (Fsp3) is 0.400. The van der Waals surface area contributed by atoms with E-state index in [9.17, 15) is 8.42 Å². The second-order valence-electron chi connectivity index (χ2n) is 6.75. The Morgan fingerprint density at radius 1 is 0.920 bits per heavy atom. The van der Waals surface area contributed by atoms with Crippen LogP contribution < -0.4 is 4.90 Å². The van der Waals surface area contributed by atoms with Crippen molar-refractivity contribution in [1.29, 1.82) is 0 Å². The summed E-state index contributed by atoms with van der Waals surface area (Å²) in [4.78, 5) is 5.09. The number of benzene rings is 2. The number of rotatable bonds is 5. The zero-order chi connectivity index (χ0) is 17.9. The molecule has 0 radical (unpaired) electrons. The molecule has 1 fully saturated rings. The van der Waals surface area contributed by atoms with Crippen molar-refractivity contribution in [3.63, 3.8) is 0 Å². The molecule has 0 amide bonds. The van der Waals surface area contributed by atoms with Gasteiger partial charge < -0.3 is 4.90 Å². The first-order valence-corrected chi connectivity index (χ1v) is 10.4. The molecular formula is C20H26N2O2S. The Bertz CT molecular complexity index is 811. The van der Waals surface area contributed by atoms with E-state index in [0.717, 1.165) is 37.3 Å². The van der Waals surface area contributed by atoms with Gasteiger partial charge in [0.1, 0.15) is 0 Å². The predicted octanol–water partition coefficient (Wildman–Crippen LogP) is 2.90. The molecular weight excluding hydrogens is 332 g/mol. The molecule has 1 aliphatic heterocycles. The van der Waals surface area contributed by atoms with Gasteiger partial charge in [0.2, 0.25) is 0 Å². The summed E-state index contributed by atoms with van der Waals surface area (Å²) in [5.41, 5.74) is 3.06. The van der Waals surface area contributed by atoms with Crippen LogP contribution in [0.15, 0.2) is 53.4 Å². The van der Waals surface area contributed by atoms with Crippen LogP contribution in [0.2, 0.25) is 0 Å². The van der Waals surface area contributed by atoms with E-state index < -0.39 is 9.84 Å². The minimum Gasteiger partial charge on any atom is -0.369 e. The van der Waals surface area contributed by atoms with Gasteiger partial charge in [-0.3, -0.25) is 4.90 Å². The van der Waals surface area contributed by atoms with Crippen molar-refractivity contribution in [2.45, 2.75) is 18.7 Å². The molecule has 2 aromatic carbocycles. The van der Waals surface area contributed by atoms with Crippen LogP contribution >= 0.6 is 0 Å². The summed E-state index contributed by atoms with van der Waals surface area (Å²) in [6.07, 6.45) is 0. The second-order valence-corrected chi connectivity index (χ2v) is 8.83. The average Bonchev–Trinajstić information content (AvgIpc) is 2.63. The molecule has 0 bridgehead atoms. The smallest absolute Gasteiger partial charge is 0.179 e. The highest BCUT2D eigenvalue weighted by molar-refractivity contribution is 7.91. The fourth-order valence-corrected chi connectivity index (χ4v) is 4.91. The molecule has 0 N–H and O–H groups in total. The van der Waals surface area contributed by atoms with Crippen molar-refractivity contribution in [3.05, 3.63) is 59.7 Å². The molecule has 0 atom stereocenters. The maximum Gasteiger partial charge on any atom is 0.179 e. The summed E-state index contributed by atoms with van der Waals surface area (Å²) >= 11 is 0. The van der Waals surface area contributed by atoms with Crippen LogP contribution in [0.3, 0.4) is 0 Å². The van der Waals surface area contributed by atoms with Crippen molar-refractivity contribution in [1.82, 2.24) is 4.90 Å². The molecule has 5 heteroatoms. The molecule has 0 unspecified atom stereocenters. The Morgan fingerprint density at radius 3 is 2.28 bits per heavy atom. The van der Waals surface area contributed by atoms with Crippen molar-refractivity contribution in [2.24, 2.45) is 0 Å². The lowest BCUT2D eigenvalue weighted by Gasteiger charge is -2.36. The Kier molecular flexibility index (Phi) is 5.45. The van der Waals surface area contributed by atoms with E-state index in [-0.39, 0.29) is 5.75 Å². The van der Waals surface area contributed by atoms with Gasteiger partial charge in [-0.25, -0.2) is 8.42 Å². The van der Waals surface area contributed by atoms with Gasteiger partial charge in [-0.05, 0) is 43.2 Å². The van der Waals surface area contributed by atoms with Crippen LogP contribution in [0.4, 0.5) is 5.69 Å². The monoisotopic (exact) mass is 358 g/mol. The van der Waals surface area contributed by atoms with Gasteiger partial charge in [0, 0.05) is 38.4 Å². The lowest BCUT2D eigenvalue weighted by Crippen LogP contribution is -2.47. The number of sulfone groups is 1. The molecule has 0 spiro atoms. The molecule has 2 aromatic rings. The van der Waals surface area contributed by atoms with Crippen LogP contribution in [0.5, 0.6) is 0 Å². The number of aryl methyl sites for hydroxylation is 2. The predicted molar refractivity (Wildman–Crippen MR) is 103 cm³/mol. The highest BCUT2D eigenvalue weighted by atomic mass is 32.2. The van der Waals surface area contributed by atoms with Crippen molar-refractivity contribution in [2.75, 3.05) is 43.4 Å². The summed E-state index contributed by atoms with van der Waals surface area (Å²) in [5.74, 6) is 0.183. The zero-order valence-corrected chi connectivity index (χ0v) is 15.8. The quantitative estimate of drug-likeness (QED) is 0.824. The molecule has 1 aliphatic rings. The third-order valence-corrected chi connectivity index (χ3v) is 6.68. The van der Waals surface area contributed by atoms with Gasteiger partial charge in [-0.1, -0.05) is 30.3 Å². The van der Waals surface area contributed by atoms with Crippen LogP contribution in [0.1, 0.15) is 11.1 Å². The lowest BCUT2D eigenvalue weighted by molar-refractivity contribution is 0.272. The molecule has 0 saturated carbocycles. The van der Waals surface area contributed by atoms with Gasteiger partial charge in [-0.2, -0.15) is 0 Å². The van der Waals surface area contributed by atoms with Crippen molar-refractivity contribution < 1.29 is 8.42 Å². The molecule has 4 nitrogen and oxygen atoms in total. The lowest BCUT2D eigenvalue weighted by atomic mass is 10.2. The first-order valence-electron chi connectivity index (χ1n) is 8.78. The molecule has 0 aliphatic carbocycles. The number of hydrogen-bond acceptors (Lipinski definition) is 4. The average molecular weight is 359 g/mol. The molecule has 1 saturated heterocycles. The Balaban J connectivity index is 1.57. The third kappa shape index (κ3) is 4.41. The van der Waals surface area contributed by atoms with Crippen molar-refractivity contribution >= 4 is 15.5 Å². The minimum atomic E-state index is -3.23. The van der Waals surface area contributed by atoms with Gasteiger partial charge in [0.25, 0.3) is 0 Å². The highest BCUT2D eigenvalue weighted by Crippen LogP contribution is 2.19. The van der Waals surface area contributed by atoms with E-state index in [2.05, 4.69) is 34.1 Å². The summed E-state index contributed by atoms with van der Waals surface area (Å²) in [7, 11) is -3.23. The fourth-order valence-electron chi connectivity index (χ4n) is 3.27. The van der Waals surface area contributed by atoms with E-state index in [1.165, 1.54) is 5.69 Å². The Hall–Kier alpha value is -1.85. The zero-order valence-electron chi connectivity index (χ0n) is 15.0. The van der Waals surface area contributed by atoms with E-state index in [4.69, 9.17) is 0 Å². The second kappa shape index (κ2) is 7.58. The number of hydrogen-bond donors (Lipinski definition) is 0. The van der Waals surface area contributed by atoms with E-state index in [1.807, 2.05) is 32.0 Å². The number of para-hydroxylation sites is 1. The maximum absolute atomic E-state index is 12.7.